The monoisotopic (exact) mass is 332 g/mol. The van der Waals surface area contributed by atoms with Crippen LogP contribution in [0.3, 0.4) is 0 Å². The van der Waals surface area contributed by atoms with E-state index in [2.05, 4.69) is 0 Å². The summed E-state index contributed by atoms with van der Waals surface area (Å²) in [6, 6.07) is 6.88. The molecule has 8 heteroatoms. The Kier molecular flexibility index (Phi) is 4.23. The minimum Gasteiger partial charge on any atom is -0.481 e. The van der Waals surface area contributed by atoms with Gasteiger partial charge in [0.1, 0.15) is 5.41 Å². The lowest BCUT2D eigenvalue weighted by Gasteiger charge is -2.37. The number of aliphatic carboxylic acids is 4. The largest absolute Gasteiger partial charge is 0.481 e. The fourth-order valence-electron chi connectivity index (χ4n) is 2.91. The lowest BCUT2D eigenvalue weighted by atomic mass is 9.61. The van der Waals surface area contributed by atoms with Crippen molar-refractivity contribution in [3.05, 3.63) is 59.2 Å². The summed E-state index contributed by atoms with van der Waals surface area (Å²) < 4.78 is 0. The molecule has 124 valence electrons. The third-order valence-electron chi connectivity index (χ3n) is 3.86. The molecule has 8 nitrogen and oxygen atoms in total. The number of benzene rings is 1. The number of hydrogen-bond acceptors (Lipinski definition) is 4. The Morgan fingerprint density at radius 3 is 1.88 bits per heavy atom. The van der Waals surface area contributed by atoms with Gasteiger partial charge in [-0.2, -0.15) is 0 Å². The van der Waals surface area contributed by atoms with Gasteiger partial charge in [0.15, 0.2) is 0 Å². The van der Waals surface area contributed by atoms with E-state index in [1.54, 1.807) is 0 Å². The third kappa shape index (κ3) is 2.34. The zero-order valence-corrected chi connectivity index (χ0v) is 12.0. The van der Waals surface area contributed by atoms with E-state index in [0.717, 1.165) is 12.2 Å². The zero-order valence-electron chi connectivity index (χ0n) is 12.0. The second-order valence-electron chi connectivity index (χ2n) is 5.05. The number of rotatable bonds is 5. The van der Waals surface area contributed by atoms with Crippen LogP contribution in [-0.4, -0.2) is 44.3 Å². The molecule has 0 saturated carbocycles. The molecule has 1 aromatic rings. The first-order valence-electron chi connectivity index (χ1n) is 6.65. The molecule has 0 amide bonds. The molecule has 0 aromatic heterocycles. The normalized spacial score (nSPS) is 22.9. The van der Waals surface area contributed by atoms with Crippen molar-refractivity contribution < 1.29 is 39.6 Å². The smallest absolute Gasteiger partial charge is 0.336 e. The van der Waals surface area contributed by atoms with Crippen LogP contribution in [0.25, 0.3) is 0 Å². The maximum atomic E-state index is 12.1. The van der Waals surface area contributed by atoms with E-state index in [1.807, 2.05) is 0 Å². The molecular formula is C16H12O8. The quantitative estimate of drug-likeness (QED) is 0.617. The summed E-state index contributed by atoms with van der Waals surface area (Å²) in [6.45, 7) is 0. The zero-order chi connectivity index (χ0) is 18.1. The van der Waals surface area contributed by atoms with E-state index in [-0.39, 0.29) is 5.56 Å². The van der Waals surface area contributed by atoms with E-state index in [0.29, 0.717) is 0 Å². The van der Waals surface area contributed by atoms with E-state index in [1.165, 1.54) is 30.3 Å². The topological polar surface area (TPSA) is 149 Å². The van der Waals surface area contributed by atoms with Crippen molar-refractivity contribution in [2.24, 2.45) is 5.92 Å². The van der Waals surface area contributed by atoms with Gasteiger partial charge in [0.05, 0.1) is 17.1 Å². The first-order valence-corrected chi connectivity index (χ1v) is 6.65. The van der Waals surface area contributed by atoms with Crippen molar-refractivity contribution in [2.45, 2.75) is 5.41 Å². The van der Waals surface area contributed by atoms with Gasteiger partial charge in [-0.15, -0.1) is 0 Å². The predicted octanol–water partition coefficient (Wildman–Crippen LogP) is 0.745. The van der Waals surface area contributed by atoms with Crippen LogP contribution in [0, 0.1) is 5.92 Å². The highest BCUT2D eigenvalue weighted by atomic mass is 16.4. The van der Waals surface area contributed by atoms with Crippen molar-refractivity contribution in [3.63, 3.8) is 0 Å². The van der Waals surface area contributed by atoms with Crippen molar-refractivity contribution >= 4 is 23.9 Å². The predicted molar refractivity (Wildman–Crippen MR) is 78.3 cm³/mol. The molecule has 24 heavy (non-hydrogen) atoms. The lowest BCUT2D eigenvalue weighted by molar-refractivity contribution is -0.154. The molecule has 0 radical (unpaired) electrons. The molecule has 2 unspecified atom stereocenters. The molecule has 2 rings (SSSR count). The second kappa shape index (κ2) is 5.99. The van der Waals surface area contributed by atoms with E-state index >= 15 is 0 Å². The number of carboxylic acids is 4. The van der Waals surface area contributed by atoms with E-state index in [4.69, 9.17) is 0 Å². The van der Waals surface area contributed by atoms with Crippen LogP contribution >= 0.6 is 0 Å². The fourth-order valence-corrected chi connectivity index (χ4v) is 2.91. The fraction of sp³-hybridized carbons (Fsp3) is 0.125. The molecule has 0 heterocycles. The first kappa shape index (κ1) is 16.9. The van der Waals surface area contributed by atoms with Gasteiger partial charge in [0.25, 0.3) is 0 Å². The maximum Gasteiger partial charge on any atom is 0.336 e. The maximum absolute atomic E-state index is 12.1. The molecular weight excluding hydrogens is 320 g/mol. The highest BCUT2D eigenvalue weighted by Gasteiger charge is 2.58. The van der Waals surface area contributed by atoms with Gasteiger partial charge in [-0.3, -0.25) is 9.59 Å². The molecule has 2 atom stereocenters. The van der Waals surface area contributed by atoms with Crippen molar-refractivity contribution in [3.8, 4) is 0 Å². The highest BCUT2D eigenvalue weighted by Crippen LogP contribution is 2.45. The Labute approximate surface area is 135 Å². The van der Waals surface area contributed by atoms with Crippen LogP contribution in [0.15, 0.2) is 53.6 Å². The standard InChI is InChI=1S/C16H12O8/c17-12(18)9-6-7-10(13(19)20)16(15(23)24,11(9)14(21)22)8-4-2-1-3-5-8/h1-7,10H,(H,17,18)(H,19,20)(H,21,22)(H,23,24). The minimum atomic E-state index is -2.57. The van der Waals surface area contributed by atoms with Crippen LogP contribution in [0.5, 0.6) is 0 Å². The Balaban J connectivity index is 2.99. The molecule has 0 aliphatic heterocycles. The van der Waals surface area contributed by atoms with Crippen LogP contribution < -0.4 is 0 Å². The van der Waals surface area contributed by atoms with Crippen LogP contribution in [-0.2, 0) is 24.6 Å². The summed E-state index contributed by atoms with van der Waals surface area (Å²) in [5.74, 6) is -8.60. The SMILES string of the molecule is O=C(O)C1=C(C(=O)O)C(C(=O)O)(c2ccccc2)C(C(=O)O)C=C1. The molecule has 0 spiro atoms. The molecule has 1 aromatic carbocycles. The van der Waals surface area contributed by atoms with Crippen LogP contribution in [0.4, 0.5) is 0 Å². The summed E-state index contributed by atoms with van der Waals surface area (Å²) in [5.41, 5.74) is -4.47. The molecule has 4 N–H and O–H groups in total. The number of carbonyl (C=O) groups is 4. The van der Waals surface area contributed by atoms with Crippen molar-refractivity contribution in [1.82, 2.24) is 0 Å². The average molecular weight is 332 g/mol. The highest BCUT2D eigenvalue weighted by molar-refractivity contribution is 6.11. The van der Waals surface area contributed by atoms with Gasteiger partial charge in [0.2, 0.25) is 0 Å². The Bertz CT molecular complexity index is 790. The Morgan fingerprint density at radius 2 is 1.46 bits per heavy atom. The molecule has 0 saturated heterocycles. The van der Waals surface area contributed by atoms with Gasteiger partial charge < -0.3 is 20.4 Å². The van der Waals surface area contributed by atoms with Crippen LogP contribution in [0.1, 0.15) is 5.56 Å². The number of hydrogen-bond donors (Lipinski definition) is 4. The van der Waals surface area contributed by atoms with Crippen molar-refractivity contribution in [1.29, 1.82) is 0 Å². The van der Waals surface area contributed by atoms with Crippen molar-refractivity contribution in [2.75, 3.05) is 0 Å². The average Bonchev–Trinajstić information content (AvgIpc) is 2.53. The van der Waals surface area contributed by atoms with Gasteiger partial charge in [-0.1, -0.05) is 42.5 Å². The van der Waals surface area contributed by atoms with Gasteiger partial charge in [-0.25, -0.2) is 9.59 Å². The summed E-state index contributed by atoms with van der Waals surface area (Å²) in [7, 11) is 0. The second-order valence-corrected chi connectivity index (χ2v) is 5.05. The van der Waals surface area contributed by atoms with Gasteiger partial charge >= 0.3 is 23.9 Å². The van der Waals surface area contributed by atoms with E-state index in [9.17, 15) is 39.6 Å². The Hall–Kier alpha value is -3.42. The molecule has 1 aliphatic carbocycles. The van der Waals surface area contributed by atoms with E-state index < -0.39 is 46.4 Å². The number of carboxylic acid groups (broad SMARTS) is 4. The lowest BCUT2D eigenvalue weighted by Crippen LogP contribution is -2.51. The van der Waals surface area contributed by atoms with Gasteiger partial charge in [-0.05, 0) is 5.56 Å². The summed E-state index contributed by atoms with van der Waals surface area (Å²) in [6.07, 6.45) is 1.70. The molecule has 0 fully saturated rings. The third-order valence-corrected chi connectivity index (χ3v) is 3.86. The summed E-state index contributed by atoms with van der Waals surface area (Å²) >= 11 is 0. The summed E-state index contributed by atoms with van der Waals surface area (Å²) in [4.78, 5) is 46.8. The van der Waals surface area contributed by atoms with Crippen LogP contribution in [0.2, 0.25) is 0 Å². The molecule has 0 bridgehead atoms. The Morgan fingerprint density at radius 1 is 0.875 bits per heavy atom. The minimum absolute atomic E-state index is 0.134. The molecule has 1 aliphatic rings. The van der Waals surface area contributed by atoms with Gasteiger partial charge in [0, 0.05) is 0 Å². The summed E-state index contributed by atoms with van der Waals surface area (Å²) in [5, 5.41) is 37.9. The first-order chi connectivity index (χ1) is 11.2.